The molecule has 30 heavy (non-hydrogen) atoms. The van der Waals surface area contributed by atoms with Crippen LogP contribution in [-0.4, -0.2) is 22.1 Å². The van der Waals surface area contributed by atoms with Gasteiger partial charge < -0.3 is 14.5 Å². The highest BCUT2D eigenvalue weighted by atomic mass is 35.5. The number of hydrogen-bond acceptors (Lipinski definition) is 9. The van der Waals surface area contributed by atoms with Crippen molar-refractivity contribution in [3.8, 4) is 5.75 Å². The van der Waals surface area contributed by atoms with Crippen LogP contribution in [0.15, 0.2) is 44.1 Å². The Balaban J connectivity index is 1.62. The number of carbonyl (C=O) groups excluding carboxylic acids is 2. The van der Waals surface area contributed by atoms with Gasteiger partial charge in [-0.25, -0.2) is 4.79 Å². The van der Waals surface area contributed by atoms with Crippen molar-refractivity contribution in [1.82, 2.24) is 10.2 Å². The summed E-state index contributed by atoms with van der Waals surface area (Å²) in [5, 5.41) is 11.3. The smallest absolute Gasteiger partial charge is 0.345 e. The lowest BCUT2D eigenvalue weighted by Gasteiger charge is -2.06. The van der Waals surface area contributed by atoms with Gasteiger partial charge in [-0.1, -0.05) is 53.2 Å². The Hall–Kier alpha value is -2.40. The maximum atomic E-state index is 12.2. The van der Waals surface area contributed by atoms with E-state index in [1.807, 2.05) is 0 Å². The number of ether oxygens (including phenoxy) is 1. The molecule has 0 bridgehead atoms. The molecule has 0 spiro atoms. The first-order chi connectivity index (χ1) is 14.4. The maximum absolute atomic E-state index is 12.2. The zero-order valence-corrected chi connectivity index (χ0v) is 18.5. The zero-order valence-electron chi connectivity index (χ0n) is 15.3. The highest BCUT2D eigenvalue weighted by Crippen LogP contribution is 2.28. The number of aromatic nitrogens is 2. The van der Waals surface area contributed by atoms with Gasteiger partial charge in [0, 0.05) is 17.5 Å². The summed E-state index contributed by atoms with van der Waals surface area (Å²) in [6, 6.07) is 5.51. The second-order valence-electron chi connectivity index (χ2n) is 5.65. The van der Waals surface area contributed by atoms with Crippen molar-refractivity contribution in [2.24, 2.45) is 0 Å². The summed E-state index contributed by atoms with van der Waals surface area (Å²) in [6.07, 6.45) is 1.40. The van der Waals surface area contributed by atoms with Crippen molar-refractivity contribution >= 4 is 63.3 Å². The number of hydrogen-bond donors (Lipinski definition) is 1. The maximum Gasteiger partial charge on any atom is 0.345 e. The van der Waals surface area contributed by atoms with E-state index in [4.69, 9.17) is 32.4 Å². The van der Waals surface area contributed by atoms with Crippen LogP contribution in [0.4, 0.5) is 5.13 Å². The van der Waals surface area contributed by atoms with Gasteiger partial charge in [0.15, 0.2) is 4.34 Å². The van der Waals surface area contributed by atoms with Crippen LogP contribution < -0.4 is 15.5 Å². The van der Waals surface area contributed by atoms with Gasteiger partial charge in [-0.15, -0.1) is 10.2 Å². The monoisotopic (exact) mass is 485 g/mol. The van der Waals surface area contributed by atoms with Crippen molar-refractivity contribution in [3.05, 3.63) is 62.1 Å². The standard InChI is InChI=1S/C18H13Cl2N3O5S2/c1-2-15(25)21-17-22-23-18(30-17)29-8-10-6-13(24)14(7-27-10)28-16(26)11-4-3-9(19)5-12(11)20/h3-7H,2,8H2,1H3,(H,21,22,25). The third kappa shape index (κ3) is 5.82. The number of anilines is 1. The van der Waals surface area contributed by atoms with E-state index in [0.717, 1.165) is 6.26 Å². The molecule has 0 saturated carbocycles. The summed E-state index contributed by atoms with van der Waals surface area (Å²) in [6.45, 7) is 1.74. The topological polar surface area (TPSA) is 111 Å². The highest BCUT2D eigenvalue weighted by Gasteiger charge is 2.16. The first-order valence-corrected chi connectivity index (χ1v) is 11.0. The molecule has 0 radical (unpaired) electrons. The van der Waals surface area contributed by atoms with E-state index >= 15 is 0 Å². The van der Waals surface area contributed by atoms with Crippen LogP contribution >= 0.6 is 46.3 Å². The van der Waals surface area contributed by atoms with Crippen molar-refractivity contribution in [2.75, 3.05) is 5.32 Å². The molecule has 2 aromatic heterocycles. The molecule has 0 atom stereocenters. The molecular weight excluding hydrogens is 473 g/mol. The summed E-state index contributed by atoms with van der Waals surface area (Å²) in [4.78, 5) is 35.8. The zero-order chi connectivity index (χ0) is 21.7. The molecule has 0 aliphatic heterocycles. The van der Waals surface area contributed by atoms with Gasteiger partial charge in [0.25, 0.3) is 0 Å². The van der Waals surface area contributed by atoms with E-state index in [1.165, 1.54) is 47.4 Å². The quantitative estimate of drug-likeness (QED) is 0.292. The first-order valence-electron chi connectivity index (χ1n) is 8.40. The molecule has 0 saturated heterocycles. The predicted molar refractivity (Wildman–Crippen MR) is 115 cm³/mol. The molecule has 0 aliphatic carbocycles. The summed E-state index contributed by atoms with van der Waals surface area (Å²) in [7, 11) is 0. The molecule has 2 heterocycles. The SMILES string of the molecule is CCC(=O)Nc1nnc(SCc2cc(=O)c(OC(=O)c3ccc(Cl)cc3Cl)co2)s1. The minimum absolute atomic E-state index is 0.0716. The molecule has 1 aromatic carbocycles. The molecule has 0 unspecified atom stereocenters. The van der Waals surface area contributed by atoms with E-state index in [-0.39, 0.29) is 22.2 Å². The Labute approximate surface area is 188 Å². The number of amides is 1. The van der Waals surface area contributed by atoms with Crippen LogP contribution in [0.2, 0.25) is 10.0 Å². The molecule has 156 valence electrons. The molecule has 12 heteroatoms. The van der Waals surface area contributed by atoms with Crippen LogP contribution in [0.25, 0.3) is 0 Å². The number of benzene rings is 1. The van der Waals surface area contributed by atoms with E-state index in [0.29, 0.717) is 32.4 Å². The van der Waals surface area contributed by atoms with E-state index in [9.17, 15) is 14.4 Å². The van der Waals surface area contributed by atoms with Crippen molar-refractivity contribution in [2.45, 2.75) is 23.4 Å². The number of thioether (sulfide) groups is 1. The van der Waals surface area contributed by atoms with Gasteiger partial charge in [-0.2, -0.15) is 0 Å². The summed E-state index contributed by atoms with van der Waals surface area (Å²) in [5.41, 5.74) is -0.453. The van der Waals surface area contributed by atoms with Crippen LogP contribution in [-0.2, 0) is 10.5 Å². The summed E-state index contributed by atoms with van der Waals surface area (Å²) in [5.74, 6) is -0.577. The number of carbonyl (C=O) groups is 2. The fraction of sp³-hybridized carbons (Fsp3) is 0.167. The van der Waals surface area contributed by atoms with E-state index in [1.54, 1.807) is 6.92 Å². The minimum Gasteiger partial charge on any atom is -0.464 e. The number of halogens is 2. The van der Waals surface area contributed by atoms with Crippen molar-refractivity contribution < 1.29 is 18.7 Å². The third-order valence-corrected chi connectivity index (χ3v) is 6.06. The van der Waals surface area contributed by atoms with Gasteiger partial charge in [0.1, 0.15) is 12.0 Å². The second-order valence-corrected chi connectivity index (χ2v) is 8.70. The number of nitrogens with one attached hydrogen (secondary N) is 1. The van der Waals surface area contributed by atoms with Crippen molar-refractivity contribution in [3.63, 3.8) is 0 Å². The Bertz CT molecular complexity index is 1150. The lowest BCUT2D eigenvalue weighted by molar-refractivity contribution is -0.115. The van der Waals surface area contributed by atoms with Gasteiger partial charge in [0.05, 0.1) is 16.3 Å². The Kier molecular flexibility index (Phi) is 7.48. The number of esters is 1. The Morgan fingerprint density at radius 2 is 2.07 bits per heavy atom. The van der Waals surface area contributed by atoms with Gasteiger partial charge >= 0.3 is 5.97 Å². The Morgan fingerprint density at radius 1 is 1.27 bits per heavy atom. The molecule has 3 rings (SSSR count). The second kappa shape index (κ2) is 10.1. The summed E-state index contributed by atoms with van der Waals surface area (Å²) < 4.78 is 11.0. The molecule has 0 aliphatic rings. The third-order valence-electron chi connectivity index (χ3n) is 3.52. The largest absolute Gasteiger partial charge is 0.464 e. The number of rotatable bonds is 7. The van der Waals surface area contributed by atoms with Crippen LogP contribution in [0, 0.1) is 0 Å². The van der Waals surface area contributed by atoms with Gasteiger partial charge in [-0.3, -0.25) is 9.59 Å². The molecule has 0 fully saturated rings. The molecule has 1 N–H and O–H groups in total. The summed E-state index contributed by atoms with van der Waals surface area (Å²) >= 11 is 14.3. The average Bonchev–Trinajstić information content (AvgIpc) is 3.15. The molecule has 8 nitrogen and oxygen atoms in total. The highest BCUT2D eigenvalue weighted by molar-refractivity contribution is 8.00. The van der Waals surface area contributed by atoms with Crippen LogP contribution in [0.1, 0.15) is 29.5 Å². The average molecular weight is 486 g/mol. The minimum atomic E-state index is -0.804. The Morgan fingerprint density at radius 3 is 2.77 bits per heavy atom. The van der Waals surface area contributed by atoms with Gasteiger partial charge in [-0.05, 0) is 18.2 Å². The van der Waals surface area contributed by atoms with E-state index < -0.39 is 11.4 Å². The number of nitrogens with zero attached hydrogens (tertiary/aromatic N) is 2. The first kappa shape index (κ1) is 22.3. The van der Waals surface area contributed by atoms with E-state index in [2.05, 4.69) is 15.5 Å². The van der Waals surface area contributed by atoms with Gasteiger partial charge in [0.2, 0.25) is 22.2 Å². The molecule has 1 amide bonds. The predicted octanol–water partition coefficient (Wildman–Crippen LogP) is 4.66. The normalized spacial score (nSPS) is 10.6. The van der Waals surface area contributed by atoms with Crippen molar-refractivity contribution in [1.29, 1.82) is 0 Å². The fourth-order valence-corrected chi connectivity index (χ4v) is 4.20. The molecule has 3 aromatic rings. The van der Waals surface area contributed by atoms with Crippen LogP contribution in [0.5, 0.6) is 5.75 Å². The fourth-order valence-electron chi connectivity index (χ4n) is 2.06. The lowest BCUT2D eigenvalue weighted by atomic mass is 10.2. The lowest BCUT2D eigenvalue weighted by Crippen LogP contribution is -2.15. The van der Waals surface area contributed by atoms with Crippen LogP contribution in [0.3, 0.4) is 0 Å². The molecular formula is C18H13Cl2N3O5S2.